The van der Waals surface area contributed by atoms with E-state index in [9.17, 15) is 10.1 Å². The minimum Gasteiger partial charge on any atom is -0.497 e. The van der Waals surface area contributed by atoms with E-state index in [-0.39, 0.29) is 18.0 Å². The van der Waals surface area contributed by atoms with Gasteiger partial charge in [0.25, 0.3) is 5.91 Å². The van der Waals surface area contributed by atoms with E-state index in [0.29, 0.717) is 17.2 Å². The monoisotopic (exact) mass is 456 g/mol. The Bertz CT molecular complexity index is 1020. The van der Waals surface area contributed by atoms with E-state index in [4.69, 9.17) is 9.47 Å². The molecule has 2 aromatic carbocycles. The van der Waals surface area contributed by atoms with Crippen LogP contribution in [-0.4, -0.2) is 51.2 Å². The number of hydrogen-bond donors (Lipinski definition) is 1. The Hall–Kier alpha value is -3.37. The number of piperazine rings is 1. The first-order chi connectivity index (χ1) is 15.0. The van der Waals surface area contributed by atoms with E-state index in [1.54, 1.807) is 31.5 Å². The van der Waals surface area contributed by atoms with Gasteiger partial charge in [0, 0.05) is 44.1 Å². The smallest absolute Gasteiger partial charge is 0.267 e. The van der Waals surface area contributed by atoms with Gasteiger partial charge in [-0.2, -0.15) is 5.26 Å². The zero-order valence-electron chi connectivity index (χ0n) is 18.8. The lowest BCUT2D eigenvalue weighted by Crippen LogP contribution is -2.44. The molecule has 1 heterocycles. The molecule has 0 aromatic heterocycles. The summed E-state index contributed by atoms with van der Waals surface area (Å²) in [4.78, 5) is 17.1. The summed E-state index contributed by atoms with van der Waals surface area (Å²) in [5.74, 6) is 0.598. The van der Waals surface area contributed by atoms with Crippen LogP contribution in [0.2, 0.25) is 0 Å². The Morgan fingerprint density at radius 2 is 1.81 bits per heavy atom. The summed E-state index contributed by atoms with van der Waals surface area (Å²) >= 11 is 0. The van der Waals surface area contributed by atoms with Gasteiger partial charge < -0.3 is 24.6 Å². The molecule has 3 rings (SSSR count). The van der Waals surface area contributed by atoms with Crippen molar-refractivity contribution in [2.75, 3.05) is 50.6 Å². The molecule has 8 heteroatoms. The highest BCUT2D eigenvalue weighted by molar-refractivity contribution is 6.07. The summed E-state index contributed by atoms with van der Waals surface area (Å²) in [6.45, 7) is 7.37. The lowest BCUT2D eigenvalue weighted by atomic mass is 10.1. The van der Waals surface area contributed by atoms with Gasteiger partial charge in [-0.25, -0.2) is 0 Å². The third-order valence-corrected chi connectivity index (χ3v) is 5.56. The van der Waals surface area contributed by atoms with Gasteiger partial charge in [0.15, 0.2) is 0 Å². The molecule has 170 valence electrons. The van der Waals surface area contributed by atoms with Crippen LogP contribution in [0.5, 0.6) is 11.5 Å². The maximum atomic E-state index is 12.7. The number of anilines is 2. The number of carbonyl (C=O) groups excluding carboxylic acids is 1. The summed E-state index contributed by atoms with van der Waals surface area (Å²) < 4.78 is 10.5. The number of nitrogens with one attached hydrogen (secondary N) is 1. The van der Waals surface area contributed by atoms with Gasteiger partial charge in [0.2, 0.25) is 0 Å². The van der Waals surface area contributed by atoms with E-state index in [1.807, 2.05) is 11.0 Å². The molecule has 1 fully saturated rings. The number of amides is 1. The number of carbonyl (C=O) groups is 1. The van der Waals surface area contributed by atoms with Crippen molar-refractivity contribution >= 4 is 29.7 Å². The Kier molecular flexibility index (Phi) is 8.80. The maximum absolute atomic E-state index is 12.7. The second kappa shape index (κ2) is 11.3. The second-order valence-corrected chi connectivity index (χ2v) is 7.42. The van der Waals surface area contributed by atoms with Gasteiger partial charge >= 0.3 is 0 Å². The standard InChI is InChI=1S/C24H28N4O3.ClH/c1-17-6-5-7-22(18(17)2)28-12-10-27(11-13-28)16-19(15-25)24(29)26-21-14-20(30-3)8-9-23(21)31-4;/h5-9,14,16H,10-13H2,1-4H3,(H,26,29);1H/b19-16-;. The van der Waals surface area contributed by atoms with E-state index in [2.05, 4.69) is 42.3 Å². The highest BCUT2D eigenvalue weighted by atomic mass is 35.5. The number of methoxy groups -OCH3 is 2. The molecule has 32 heavy (non-hydrogen) atoms. The van der Waals surface area contributed by atoms with Crippen LogP contribution in [0.1, 0.15) is 11.1 Å². The molecule has 1 amide bonds. The predicted octanol–water partition coefficient (Wildman–Crippen LogP) is 3.91. The van der Waals surface area contributed by atoms with Crippen molar-refractivity contribution in [3.05, 3.63) is 59.3 Å². The first-order valence-corrected chi connectivity index (χ1v) is 10.2. The van der Waals surface area contributed by atoms with Gasteiger partial charge in [-0.3, -0.25) is 4.79 Å². The third-order valence-electron chi connectivity index (χ3n) is 5.56. The van der Waals surface area contributed by atoms with E-state index in [1.165, 1.54) is 23.9 Å². The van der Waals surface area contributed by atoms with Gasteiger partial charge in [0.05, 0.1) is 19.9 Å². The lowest BCUT2D eigenvalue weighted by Gasteiger charge is -2.36. The van der Waals surface area contributed by atoms with E-state index < -0.39 is 5.91 Å². The number of ether oxygens (including phenoxy) is 2. The summed E-state index contributed by atoms with van der Waals surface area (Å²) in [7, 11) is 3.07. The van der Waals surface area contributed by atoms with E-state index >= 15 is 0 Å². The average molecular weight is 457 g/mol. The SMILES string of the molecule is COc1ccc(OC)c(NC(=O)/C(C#N)=C\N2CCN(c3cccc(C)c3C)CC2)c1.Cl. The number of nitrogens with zero attached hydrogens (tertiary/aromatic N) is 3. The van der Waals surface area contributed by atoms with Crippen molar-refractivity contribution in [1.29, 1.82) is 5.26 Å². The molecule has 1 aliphatic rings. The molecular formula is C24H29ClN4O3. The fourth-order valence-electron chi connectivity index (χ4n) is 3.59. The van der Waals surface area contributed by atoms with Crippen molar-refractivity contribution in [2.24, 2.45) is 0 Å². The number of halogens is 1. The van der Waals surface area contributed by atoms with Crippen LogP contribution in [-0.2, 0) is 4.79 Å². The Morgan fingerprint density at radius 1 is 1.09 bits per heavy atom. The van der Waals surface area contributed by atoms with Gasteiger partial charge in [-0.1, -0.05) is 12.1 Å². The molecule has 1 saturated heterocycles. The lowest BCUT2D eigenvalue weighted by molar-refractivity contribution is -0.112. The fraction of sp³-hybridized carbons (Fsp3) is 0.333. The zero-order chi connectivity index (χ0) is 22.4. The molecule has 0 saturated carbocycles. The van der Waals surface area contributed by atoms with Gasteiger partial charge in [0.1, 0.15) is 23.1 Å². The molecule has 0 radical (unpaired) electrons. The average Bonchev–Trinajstić information content (AvgIpc) is 2.79. The Morgan fingerprint density at radius 3 is 2.44 bits per heavy atom. The Balaban J connectivity index is 0.00000363. The van der Waals surface area contributed by atoms with Crippen LogP contribution >= 0.6 is 12.4 Å². The minimum atomic E-state index is -0.481. The largest absolute Gasteiger partial charge is 0.497 e. The van der Waals surface area contributed by atoms with Crippen LogP contribution in [0.25, 0.3) is 0 Å². The number of hydrogen-bond acceptors (Lipinski definition) is 6. The van der Waals surface area contributed by atoms with E-state index in [0.717, 1.165) is 26.2 Å². The first kappa shape index (κ1) is 24.9. The Labute approximate surface area is 195 Å². The highest BCUT2D eigenvalue weighted by Gasteiger charge is 2.20. The molecule has 1 aliphatic heterocycles. The summed E-state index contributed by atoms with van der Waals surface area (Å²) in [6.07, 6.45) is 1.64. The summed E-state index contributed by atoms with van der Waals surface area (Å²) in [5.41, 5.74) is 4.30. The molecular weight excluding hydrogens is 428 g/mol. The van der Waals surface area contributed by atoms with Crippen molar-refractivity contribution in [3.8, 4) is 17.6 Å². The molecule has 0 bridgehead atoms. The number of aryl methyl sites for hydroxylation is 1. The van der Waals surface area contributed by atoms with Gasteiger partial charge in [-0.15, -0.1) is 12.4 Å². The topological polar surface area (TPSA) is 77.8 Å². The summed E-state index contributed by atoms with van der Waals surface area (Å²) in [6, 6.07) is 13.5. The molecule has 0 aliphatic carbocycles. The van der Waals surface area contributed by atoms with Crippen LogP contribution in [0.15, 0.2) is 48.2 Å². The number of nitriles is 1. The highest BCUT2D eigenvalue weighted by Crippen LogP contribution is 2.29. The molecule has 0 unspecified atom stereocenters. The van der Waals surface area contributed by atoms with Crippen molar-refractivity contribution < 1.29 is 14.3 Å². The van der Waals surface area contributed by atoms with Crippen LogP contribution in [0, 0.1) is 25.2 Å². The van der Waals surface area contributed by atoms with Crippen LogP contribution in [0.4, 0.5) is 11.4 Å². The molecule has 0 spiro atoms. The minimum absolute atomic E-state index is 0. The molecule has 2 aromatic rings. The van der Waals surface area contributed by atoms with Crippen molar-refractivity contribution in [1.82, 2.24) is 4.90 Å². The van der Waals surface area contributed by atoms with Crippen molar-refractivity contribution in [2.45, 2.75) is 13.8 Å². The first-order valence-electron chi connectivity index (χ1n) is 10.2. The third kappa shape index (κ3) is 5.65. The van der Waals surface area contributed by atoms with Crippen molar-refractivity contribution in [3.63, 3.8) is 0 Å². The predicted molar refractivity (Wildman–Crippen MR) is 129 cm³/mol. The van der Waals surface area contributed by atoms with Crippen LogP contribution in [0.3, 0.4) is 0 Å². The second-order valence-electron chi connectivity index (χ2n) is 7.42. The fourth-order valence-corrected chi connectivity index (χ4v) is 3.59. The van der Waals surface area contributed by atoms with Crippen LogP contribution < -0.4 is 19.7 Å². The zero-order valence-corrected chi connectivity index (χ0v) is 19.7. The normalized spacial score (nSPS) is 13.7. The number of rotatable bonds is 6. The molecule has 7 nitrogen and oxygen atoms in total. The van der Waals surface area contributed by atoms with Gasteiger partial charge in [-0.05, 0) is 43.2 Å². The quantitative estimate of drug-likeness (QED) is 0.524. The maximum Gasteiger partial charge on any atom is 0.267 e. The molecule has 0 atom stereocenters. The molecule has 1 N–H and O–H groups in total. The number of benzene rings is 2. The summed E-state index contributed by atoms with van der Waals surface area (Å²) in [5, 5.41) is 12.3.